The first-order chi connectivity index (χ1) is 18.3. The molecule has 0 saturated carbocycles. The molecule has 1 unspecified atom stereocenters. The van der Waals surface area contributed by atoms with Crippen molar-refractivity contribution in [1.29, 1.82) is 0 Å². The van der Waals surface area contributed by atoms with Crippen molar-refractivity contribution < 1.29 is 24.2 Å². The summed E-state index contributed by atoms with van der Waals surface area (Å²) in [6, 6.07) is 15.3. The van der Waals surface area contributed by atoms with Crippen LogP contribution in [0.5, 0.6) is 0 Å². The zero-order chi connectivity index (χ0) is 27.4. The number of aromatic nitrogens is 3. The van der Waals surface area contributed by atoms with E-state index < -0.39 is 11.5 Å². The van der Waals surface area contributed by atoms with E-state index in [0.29, 0.717) is 43.9 Å². The van der Waals surface area contributed by atoms with Crippen molar-refractivity contribution >= 4 is 23.5 Å². The number of esters is 1. The third-order valence-corrected chi connectivity index (χ3v) is 6.52. The summed E-state index contributed by atoms with van der Waals surface area (Å²) in [4.78, 5) is 25.9. The summed E-state index contributed by atoms with van der Waals surface area (Å²) >= 11 is 6.15. The Hall–Kier alpha value is -3.27. The number of benzene rings is 2. The molecule has 204 valence electrons. The number of nitrogens with one attached hydrogen (secondary N) is 2. The molecule has 0 fully saturated rings. The number of amides is 1. The molecule has 0 aliphatic carbocycles. The van der Waals surface area contributed by atoms with Gasteiger partial charge >= 0.3 is 5.97 Å². The number of carbonyl (C=O) groups is 2. The predicted molar refractivity (Wildman–Crippen MR) is 145 cm³/mol. The zero-order valence-corrected chi connectivity index (χ0v) is 22.5. The molecule has 1 amide bonds. The van der Waals surface area contributed by atoms with E-state index in [1.54, 1.807) is 6.92 Å². The summed E-state index contributed by atoms with van der Waals surface area (Å²) in [5.74, 6) is -0.729. The number of aliphatic hydroxyl groups excluding tert-OH is 1. The summed E-state index contributed by atoms with van der Waals surface area (Å²) in [7, 11) is 0. The standard InChI is InChI=1S/C28H35ClN4O5/c1-3-38-27(36)28(2,12-15-37-14-5-13-34)18-24(31-26(35)25-19-30-33-32-25)16-20-8-10-21(11-9-20)22-6-4-7-23(29)17-22/h4,6-11,17,19,24,34H,3,5,12-16,18H2,1-2H3,(H,31,35)(H,30,32,33)/t24-,28?/m1/s1. The van der Waals surface area contributed by atoms with Crippen LogP contribution in [0.25, 0.3) is 11.1 Å². The quantitative estimate of drug-likeness (QED) is 0.194. The van der Waals surface area contributed by atoms with E-state index in [2.05, 4.69) is 20.7 Å². The number of ether oxygens (including phenoxy) is 2. The number of aromatic amines is 1. The largest absolute Gasteiger partial charge is 0.466 e. The molecule has 1 aromatic heterocycles. The fourth-order valence-electron chi connectivity index (χ4n) is 4.23. The van der Waals surface area contributed by atoms with E-state index in [-0.39, 0.29) is 30.8 Å². The van der Waals surface area contributed by atoms with Gasteiger partial charge in [0.05, 0.1) is 18.2 Å². The number of aliphatic hydroxyl groups is 1. The van der Waals surface area contributed by atoms with Crippen molar-refractivity contribution in [2.75, 3.05) is 26.4 Å². The molecular weight excluding hydrogens is 508 g/mol. The lowest BCUT2D eigenvalue weighted by atomic mass is 9.79. The van der Waals surface area contributed by atoms with Gasteiger partial charge in [-0.1, -0.05) is 53.2 Å². The summed E-state index contributed by atoms with van der Waals surface area (Å²) in [5, 5.41) is 22.7. The van der Waals surface area contributed by atoms with E-state index in [4.69, 9.17) is 26.2 Å². The molecule has 3 rings (SSSR count). The number of halogens is 1. The lowest BCUT2D eigenvalue weighted by molar-refractivity contribution is -0.156. The topological polar surface area (TPSA) is 126 Å². The summed E-state index contributed by atoms with van der Waals surface area (Å²) in [5.41, 5.74) is 2.28. The van der Waals surface area contributed by atoms with Gasteiger partial charge in [0.15, 0.2) is 5.69 Å². The Kier molecular flexibility index (Phi) is 11.3. The number of hydrogen-bond acceptors (Lipinski definition) is 7. The minimum atomic E-state index is -0.905. The number of nitrogens with zero attached hydrogens (tertiary/aromatic N) is 2. The van der Waals surface area contributed by atoms with Crippen LogP contribution in [0, 0.1) is 5.41 Å². The first-order valence-corrected chi connectivity index (χ1v) is 13.1. The van der Waals surface area contributed by atoms with Gasteiger partial charge in [-0.2, -0.15) is 0 Å². The molecule has 0 saturated heterocycles. The number of hydrogen-bond donors (Lipinski definition) is 3. The normalized spacial score (nSPS) is 13.5. The van der Waals surface area contributed by atoms with E-state index in [1.165, 1.54) is 6.20 Å². The van der Waals surface area contributed by atoms with Crippen LogP contribution >= 0.6 is 11.6 Å². The van der Waals surface area contributed by atoms with Gasteiger partial charge < -0.3 is 19.9 Å². The van der Waals surface area contributed by atoms with Crippen molar-refractivity contribution in [2.24, 2.45) is 5.41 Å². The molecule has 10 heteroatoms. The van der Waals surface area contributed by atoms with E-state index in [1.807, 2.05) is 55.5 Å². The first-order valence-electron chi connectivity index (χ1n) is 12.7. The van der Waals surface area contributed by atoms with Gasteiger partial charge in [0.25, 0.3) is 5.91 Å². The van der Waals surface area contributed by atoms with Crippen molar-refractivity contribution in [1.82, 2.24) is 20.7 Å². The van der Waals surface area contributed by atoms with Crippen LogP contribution < -0.4 is 5.32 Å². The Morgan fingerprint density at radius 2 is 1.95 bits per heavy atom. The highest BCUT2D eigenvalue weighted by Crippen LogP contribution is 2.31. The highest BCUT2D eigenvalue weighted by molar-refractivity contribution is 6.30. The van der Waals surface area contributed by atoms with Crippen molar-refractivity contribution in [3.63, 3.8) is 0 Å². The van der Waals surface area contributed by atoms with Crippen LogP contribution in [0.15, 0.2) is 54.7 Å². The van der Waals surface area contributed by atoms with Crippen LogP contribution in [0.4, 0.5) is 0 Å². The number of H-pyrrole nitrogens is 1. The first kappa shape index (κ1) is 29.3. The van der Waals surface area contributed by atoms with Gasteiger partial charge in [0, 0.05) is 30.9 Å². The molecule has 3 aromatic rings. The van der Waals surface area contributed by atoms with Crippen LogP contribution in [0.2, 0.25) is 5.02 Å². The molecule has 0 aliphatic rings. The third kappa shape index (κ3) is 8.65. The van der Waals surface area contributed by atoms with Gasteiger partial charge in [-0.05, 0) is 68.4 Å². The third-order valence-electron chi connectivity index (χ3n) is 6.29. The van der Waals surface area contributed by atoms with Gasteiger partial charge in [-0.3, -0.25) is 14.7 Å². The molecule has 0 spiro atoms. The second-order valence-electron chi connectivity index (χ2n) is 9.37. The van der Waals surface area contributed by atoms with Crippen LogP contribution in [-0.4, -0.2) is 64.9 Å². The van der Waals surface area contributed by atoms with Crippen molar-refractivity contribution in [3.05, 3.63) is 71.0 Å². The molecule has 0 bridgehead atoms. The Morgan fingerprint density at radius 1 is 1.16 bits per heavy atom. The molecule has 2 aromatic carbocycles. The summed E-state index contributed by atoms with van der Waals surface area (Å²) in [6.45, 7) is 4.62. The fourth-order valence-corrected chi connectivity index (χ4v) is 4.42. The van der Waals surface area contributed by atoms with E-state index >= 15 is 0 Å². The maximum atomic E-state index is 13.0. The van der Waals surface area contributed by atoms with Gasteiger partial charge in [0.2, 0.25) is 0 Å². The van der Waals surface area contributed by atoms with Crippen LogP contribution in [0.1, 0.15) is 49.2 Å². The minimum absolute atomic E-state index is 0.0431. The Labute approximate surface area is 227 Å². The Bertz CT molecular complexity index is 1160. The van der Waals surface area contributed by atoms with Crippen LogP contribution in [0.3, 0.4) is 0 Å². The number of carbonyl (C=O) groups excluding carboxylic acids is 2. The smallest absolute Gasteiger partial charge is 0.311 e. The molecule has 9 nitrogen and oxygen atoms in total. The van der Waals surface area contributed by atoms with E-state index in [0.717, 1.165) is 16.7 Å². The van der Waals surface area contributed by atoms with E-state index in [9.17, 15) is 9.59 Å². The molecule has 38 heavy (non-hydrogen) atoms. The Morgan fingerprint density at radius 3 is 2.61 bits per heavy atom. The van der Waals surface area contributed by atoms with Gasteiger partial charge in [0.1, 0.15) is 0 Å². The maximum absolute atomic E-state index is 13.0. The highest BCUT2D eigenvalue weighted by Gasteiger charge is 2.37. The van der Waals surface area contributed by atoms with Crippen molar-refractivity contribution in [2.45, 2.75) is 45.6 Å². The predicted octanol–water partition coefficient (Wildman–Crippen LogP) is 4.21. The molecule has 2 atom stereocenters. The number of rotatable bonds is 15. The summed E-state index contributed by atoms with van der Waals surface area (Å²) in [6.07, 6.45) is 3.17. The van der Waals surface area contributed by atoms with Crippen LogP contribution in [-0.2, 0) is 20.7 Å². The molecule has 0 radical (unpaired) electrons. The zero-order valence-electron chi connectivity index (χ0n) is 21.8. The van der Waals surface area contributed by atoms with Gasteiger partial charge in [-0.25, -0.2) is 0 Å². The second kappa shape index (κ2) is 14.6. The van der Waals surface area contributed by atoms with Crippen molar-refractivity contribution in [3.8, 4) is 11.1 Å². The second-order valence-corrected chi connectivity index (χ2v) is 9.80. The molecule has 3 N–H and O–H groups in total. The SMILES string of the molecule is CCOC(=O)C(C)(CCOCCCO)C[C@@H](Cc1ccc(-c2cccc(Cl)c2)cc1)NC(=O)c1c[nH]nn1. The molecule has 1 heterocycles. The highest BCUT2D eigenvalue weighted by atomic mass is 35.5. The minimum Gasteiger partial charge on any atom is -0.466 e. The average Bonchev–Trinajstić information content (AvgIpc) is 3.44. The molecule has 0 aliphatic heterocycles. The fraction of sp³-hybridized carbons (Fsp3) is 0.429. The average molecular weight is 543 g/mol. The van der Waals surface area contributed by atoms with Gasteiger partial charge in [-0.15, -0.1) is 5.10 Å². The maximum Gasteiger partial charge on any atom is 0.311 e. The monoisotopic (exact) mass is 542 g/mol. The summed E-state index contributed by atoms with van der Waals surface area (Å²) < 4.78 is 11.0. The molecular formula is C28H35ClN4O5. The lowest BCUT2D eigenvalue weighted by Gasteiger charge is -2.32. The Balaban J connectivity index is 1.80. The lowest BCUT2D eigenvalue weighted by Crippen LogP contribution is -2.43.